The molecule has 2 heteroatoms. The summed E-state index contributed by atoms with van der Waals surface area (Å²) in [6.07, 6.45) is 0.925. The van der Waals surface area contributed by atoms with Crippen LogP contribution in [0.3, 0.4) is 0 Å². The predicted octanol–water partition coefficient (Wildman–Crippen LogP) is 12.5. The molecule has 0 aliphatic heterocycles. The molecule has 0 bridgehead atoms. The van der Waals surface area contributed by atoms with Crippen LogP contribution >= 0.6 is 0 Å². The molecule has 2 aromatic heterocycles. The van der Waals surface area contributed by atoms with Gasteiger partial charge < -0.3 is 4.42 Å². The van der Waals surface area contributed by atoms with Crippen LogP contribution in [0, 0.1) is 0 Å². The second kappa shape index (κ2) is 11.2. The number of benzene rings is 7. The molecule has 7 aromatic carbocycles. The molecule has 2 heterocycles. The molecule has 2 nitrogen and oxygen atoms in total. The van der Waals surface area contributed by atoms with Crippen molar-refractivity contribution in [3.05, 3.63) is 187 Å². The first-order valence-corrected chi connectivity index (χ1v) is 17.0. The molecule has 0 radical (unpaired) electrons. The van der Waals surface area contributed by atoms with Gasteiger partial charge in [-0.2, -0.15) is 0 Å². The molecule has 1 atom stereocenters. The minimum absolute atomic E-state index is 0.188. The summed E-state index contributed by atoms with van der Waals surface area (Å²) in [5.74, 6) is 0.188. The summed E-state index contributed by atoms with van der Waals surface area (Å²) in [7, 11) is 0. The zero-order chi connectivity index (χ0) is 32.3. The van der Waals surface area contributed by atoms with E-state index in [1.54, 1.807) is 0 Å². The first-order valence-electron chi connectivity index (χ1n) is 17.0. The summed E-state index contributed by atoms with van der Waals surface area (Å²) in [5, 5.41) is 3.43. The van der Waals surface area contributed by atoms with Crippen LogP contribution in [0.25, 0.3) is 77.5 Å². The largest absolute Gasteiger partial charge is 0.456 e. The highest BCUT2D eigenvalue weighted by Crippen LogP contribution is 2.47. The molecule has 0 saturated carbocycles. The number of rotatable bonds is 4. The number of nitrogens with zero attached hydrogens (tertiary/aromatic N) is 1. The Kier molecular flexibility index (Phi) is 6.35. The van der Waals surface area contributed by atoms with Gasteiger partial charge in [0, 0.05) is 33.2 Å². The smallest absolute Gasteiger partial charge is 0.139 e. The van der Waals surface area contributed by atoms with Crippen molar-refractivity contribution in [1.82, 2.24) is 4.98 Å². The Bertz CT molecular complexity index is 2690. The number of aromatic nitrogens is 1. The predicted molar refractivity (Wildman–Crippen MR) is 203 cm³/mol. The van der Waals surface area contributed by atoms with Crippen LogP contribution in [0.2, 0.25) is 0 Å². The Labute approximate surface area is 284 Å². The van der Waals surface area contributed by atoms with Gasteiger partial charge in [-0.25, -0.2) is 4.98 Å². The molecular weight excluding hydrogens is 595 g/mol. The summed E-state index contributed by atoms with van der Waals surface area (Å²) in [6, 6.07) is 60.9. The minimum Gasteiger partial charge on any atom is -0.456 e. The van der Waals surface area contributed by atoms with Gasteiger partial charge in [0.1, 0.15) is 11.2 Å². The van der Waals surface area contributed by atoms with Gasteiger partial charge in [-0.05, 0) is 81.3 Å². The van der Waals surface area contributed by atoms with Gasteiger partial charge in [0.25, 0.3) is 0 Å². The molecule has 0 spiro atoms. The number of hydrogen-bond donors (Lipinski definition) is 0. The fraction of sp³-hybridized carbons (Fsp3) is 0.0426. The van der Waals surface area contributed by atoms with Crippen molar-refractivity contribution in [2.75, 3.05) is 0 Å². The average molecular weight is 626 g/mol. The second-order valence-corrected chi connectivity index (χ2v) is 13.1. The highest BCUT2D eigenvalue weighted by Gasteiger charge is 2.28. The maximum Gasteiger partial charge on any atom is 0.139 e. The van der Waals surface area contributed by atoms with E-state index < -0.39 is 0 Å². The molecular formula is C47H31NO. The van der Waals surface area contributed by atoms with Crippen molar-refractivity contribution < 1.29 is 4.42 Å². The van der Waals surface area contributed by atoms with E-state index in [0.717, 1.165) is 61.6 Å². The molecule has 10 rings (SSSR count). The fourth-order valence-electron chi connectivity index (χ4n) is 7.90. The van der Waals surface area contributed by atoms with Crippen LogP contribution in [0.4, 0.5) is 0 Å². The van der Waals surface area contributed by atoms with Gasteiger partial charge in [-0.3, -0.25) is 0 Å². The summed E-state index contributed by atoms with van der Waals surface area (Å²) >= 11 is 0. The molecule has 0 amide bonds. The summed E-state index contributed by atoms with van der Waals surface area (Å²) in [4.78, 5) is 5.02. The highest BCUT2D eigenvalue weighted by molar-refractivity contribution is 6.08. The lowest BCUT2D eigenvalue weighted by atomic mass is 9.75. The zero-order valence-electron chi connectivity index (χ0n) is 26.8. The Morgan fingerprint density at radius 3 is 2.04 bits per heavy atom. The van der Waals surface area contributed by atoms with Crippen molar-refractivity contribution in [2.24, 2.45) is 0 Å². The lowest BCUT2D eigenvalue weighted by molar-refractivity contribution is 0.654. The topological polar surface area (TPSA) is 26.0 Å². The molecule has 9 aromatic rings. The normalized spacial score (nSPS) is 13.8. The van der Waals surface area contributed by atoms with Crippen LogP contribution in [0.15, 0.2) is 174 Å². The quantitative estimate of drug-likeness (QED) is 0.194. The van der Waals surface area contributed by atoms with E-state index in [4.69, 9.17) is 9.40 Å². The Hall–Kier alpha value is -6.25. The van der Waals surface area contributed by atoms with Gasteiger partial charge in [0.05, 0.1) is 11.2 Å². The van der Waals surface area contributed by atoms with Crippen molar-refractivity contribution >= 4 is 32.8 Å². The van der Waals surface area contributed by atoms with Gasteiger partial charge in [0.15, 0.2) is 0 Å². The van der Waals surface area contributed by atoms with Crippen LogP contribution in [-0.2, 0) is 6.42 Å². The first-order chi connectivity index (χ1) is 24.3. The maximum absolute atomic E-state index is 6.89. The monoisotopic (exact) mass is 625 g/mol. The lowest BCUT2D eigenvalue weighted by Crippen LogP contribution is -2.13. The molecule has 49 heavy (non-hydrogen) atoms. The van der Waals surface area contributed by atoms with E-state index in [2.05, 4.69) is 164 Å². The fourth-order valence-corrected chi connectivity index (χ4v) is 7.90. The van der Waals surface area contributed by atoms with Gasteiger partial charge in [-0.1, -0.05) is 140 Å². The van der Waals surface area contributed by atoms with E-state index in [1.165, 1.54) is 38.9 Å². The van der Waals surface area contributed by atoms with Gasteiger partial charge in [-0.15, -0.1) is 0 Å². The molecule has 1 aliphatic carbocycles. The van der Waals surface area contributed by atoms with E-state index >= 15 is 0 Å². The number of furan rings is 1. The van der Waals surface area contributed by atoms with Crippen molar-refractivity contribution in [3.63, 3.8) is 0 Å². The Balaban J connectivity index is 1.10. The Morgan fingerprint density at radius 2 is 1.16 bits per heavy atom. The average Bonchev–Trinajstić information content (AvgIpc) is 3.56. The maximum atomic E-state index is 6.89. The third-order valence-electron chi connectivity index (χ3n) is 10.3. The van der Waals surface area contributed by atoms with Gasteiger partial charge >= 0.3 is 0 Å². The van der Waals surface area contributed by atoms with Crippen LogP contribution in [0.5, 0.6) is 0 Å². The first kappa shape index (κ1) is 27.8. The SMILES string of the molecule is c1ccc(-c2ccc3c(c2)-c2ccccc2C(c2cccc4c2oc2cc(-c5cc(-c6ccccc6)nc6ccccc56)ccc24)C3)cc1. The third-order valence-corrected chi connectivity index (χ3v) is 10.3. The zero-order valence-corrected chi connectivity index (χ0v) is 26.8. The minimum atomic E-state index is 0.188. The summed E-state index contributed by atoms with van der Waals surface area (Å²) in [6.45, 7) is 0. The van der Waals surface area contributed by atoms with Crippen LogP contribution in [0.1, 0.15) is 22.6 Å². The van der Waals surface area contributed by atoms with Crippen molar-refractivity contribution in [3.8, 4) is 44.6 Å². The molecule has 230 valence electrons. The molecule has 0 saturated heterocycles. The van der Waals surface area contributed by atoms with Crippen LogP contribution in [-0.4, -0.2) is 4.98 Å². The van der Waals surface area contributed by atoms with Crippen LogP contribution < -0.4 is 0 Å². The van der Waals surface area contributed by atoms with E-state index in [0.29, 0.717) is 0 Å². The number of pyridine rings is 1. The highest BCUT2D eigenvalue weighted by atomic mass is 16.3. The van der Waals surface area contributed by atoms with Gasteiger partial charge in [0.2, 0.25) is 0 Å². The standard InChI is InChI=1S/C47H31NO/c1-3-12-30(13-4-1)32-22-23-33-27-43(36-17-8-7-16-35(36)41(33)26-32)40-20-11-19-39-38-25-24-34(28-46(38)49-47(39)40)42-29-45(31-14-5-2-6-15-31)48-44-21-10-9-18-37(42)44/h1-26,28-29,43H,27H2. The number of fused-ring (bicyclic) bond motifs is 7. The summed E-state index contributed by atoms with van der Waals surface area (Å²) in [5.41, 5.74) is 16.3. The van der Waals surface area contributed by atoms with E-state index in [9.17, 15) is 0 Å². The molecule has 1 aliphatic rings. The van der Waals surface area contributed by atoms with Crippen molar-refractivity contribution in [2.45, 2.75) is 12.3 Å². The summed E-state index contributed by atoms with van der Waals surface area (Å²) < 4.78 is 6.89. The number of hydrogen-bond acceptors (Lipinski definition) is 2. The molecule has 0 fully saturated rings. The second-order valence-electron chi connectivity index (χ2n) is 13.1. The molecule has 0 N–H and O–H groups in total. The van der Waals surface area contributed by atoms with E-state index in [1.807, 2.05) is 6.07 Å². The Morgan fingerprint density at radius 1 is 0.449 bits per heavy atom. The molecule has 1 unspecified atom stereocenters. The lowest BCUT2D eigenvalue weighted by Gasteiger charge is -2.29. The number of para-hydroxylation sites is 2. The third kappa shape index (κ3) is 4.60. The van der Waals surface area contributed by atoms with Crippen molar-refractivity contribution in [1.29, 1.82) is 0 Å². The van der Waals surface area contributed by atoms with E-state index in [-0.39, 0.29) is 5.92 Å².